The van der Waals surface area contributed by atoms with Gasteiger partial charge in [-0.2, -0.15) is 5.10 Å². The Hall–Kier alpha value is -2.76. The smallest absolute Gasteiger partial charge is 0.246 e. The van der Waals surface area contributed by atoms with Crippen molar-refractivity contribution >= 4 is 22.5 Å². The molecule has 0 radical (unpaired) electrons. The lowest BCUT2D eigenvalue weighted by atomic mass is 10.2. The van der Waals surface area contributed by atoms with Crippen molar-refractivity contribution in [3.8, 4) is 0 Å². The summed E-state index contributed by atoms with van der Waals surface area (Å²) in [7, 11) is 0. The molecule has 1 N–H and O–H groups in total. The zero-order chi connectivity index (χ0) is 13.1. The van der Waals surface area contributed by atoms with Gasteiger partial charge in [0.15, 0.2) is 0 Å². The van der Waals surface area contributed by atoms with E-state index in [4.69, 9.17) is 0 Å². The molecule has 0 aliphatic rings. The number of carbonyl (C=O) groups excluding carboxylic acids is 1. The van der Waals surface area contributed by atoms with E-state index in [0.717, 1.165) is 10.9 Å². The van der Waals surface area contributed by atoms with Crippen LogP contribution in [0.3, 0.4) is 0 Å². The minimum absolute atomic E-state index is 0.132. The van der Waals surface area contributed by atoms with Crippen LogP contribution < -0.4 is 5.32 Å². The molecule has 0 unspecified atom stereocenters. The van der Waals surface area contributed by atoms with Crippen LogP contribution in [0.2, 0.25) is 0 Å². The summed E-state index contributed by atoms with van der Waals surface area (Å²) in [6.45, 7) is 0.132. The van der Waals surface area contributed by atoms with Crippen molar-refractivity contribution in [2.24, 2.45) is 0 Å². The Labute approximate surface area is 109 Å². The maximum atomic E-state index is 11.8. The summed E-state index contributed by atoms with van der Waals surface area (Å²) in [5.74, 6) is -0.164. The van der Waals surface area contributed by atoms with E-state index in [2.05, 4.69) is 20.4 Å². The van der Waals surface area contributed by atoms with E-state index in [1.165, 1.54) is 17.3 Å². The molecule has 2 aromatic heterocycles. The molecule has 6 nitrogen and oxygen atoms in total. The number of benzene rings is 1. The average molecular weight is 253 g/mol. The first-order chi connectivity index (χ1) is 9.31. The Bertz CT molecular complexity index is 708. The molecule has 0 fully saturated rings. The number of hydrogen-bond acceptors (Lipinski definition) is 4. The second-order valence-corrected chi connectivity index (χ2v) is 4.06. The molecule has 1 aromatic carbocycles. The van der Waals surface area contributed by atoms with Gasteiger partial charge in [-0.1, -0.05) is 18.2 Å². The van der Waals surface area contributed by atoms with Crippen LogP contribution in [0.4, 0.5) is 5.69 Å². The highest BCUT2D eigenvalue weighted by molar-refractivity contribution is 5.92. The third kappa shape index (κ3) is 2.57. The van der Waals surface area contributed by atoms with Gasteiger partial charge in [-0.15, -0.1) is 0 Å². The normalized spacial score (nSPS) is 10.5. The van der Waals surface area contributed by atoms with Gasteiger partial charge in [-0.25, -0.2) is 9.67 Å². The van der Waals surface area contributed by atoms with Crippen molar-refractivity contribution in [1.29, 1.82) is 0 Å². The van der Waals surface area contributed by atoms with Gasteiger partial charge in [0.05, 0.1) is 17.4 Å². The Balaban J connectivity index is 1.75. The van der Waals surface area contributed by atoms with E-state index in [0.29, 0.717) is 5.69 Å². The molecule has 0 atom stereocenters. The molecule has 2 heterocycles. The van der Waals surface area contributed by atoms with Crippen LogP contribution in [0.5, 0.6) is 0 Å². The number of anilines is 1. The van der Waals surface area contributed by atoms with E-state index in [9.17, 15) is 4.79 Å². The Morgan fingerprint density at radius 2 is 2.21 bits per heavy atom. The maximum absolute atomic E-state index is 11.8. The summed E-state index contributed by atoms with van der Waals surface area (Å²) in [5.41, 5.74) is 1.57. The number of pyridine rings is 1. The van der Waals surface area contributed by atoms with E-state index < -0.39 is 0 Å². The number of amides is 1. The minimum Gasteiger partial charge on any atom is -0.323 e. The molecule has 1 amide bonds. The molecular formula is C13H11N5O. The van der Waals surface area contributed by atoms with Gasteiger partial charge in [-0.05, 0) is 12.1 Å². The number of rotatable bonds is 3. The van der Waals surface area contributed by atoms with Crippen LogP contribution in [0, 0.1) is 0 Å². The molecule has 3 aromatic rings. The monoisotopic (exact) mass is 253 g/mol. The van der Waals surface area contributed by atoms with Crippen LogP contribution in [0.25, 0.3) is 10.9 Å². The van der Waals surface area contributed by atoms with Crippen LogP contribution in [-0.2, 0) is 11.3 Å². The molecule has 3 rings (SSSR count). The predicted molar refractivity (Wildman–Crippen MR) is 70.4 cm³/mol. The Kier molecular flexibility index (Phi) is 2.89. The molecule has 94 valence electrons. The number of carbonyl (C=O) groups is 1. The molecule has 0 aliphatic heterocycles. The van der Waals surface area contributed by atoms with Crippen LogP contribution in [0.1, 0.15) is 0 Å². The molecule has 0 saturated carbocycles. The SMILES string of the molecule is O=C(Cn1cncn1)Nc1cnc2ccccc2c1. The number of fused-ring (bicyclic) bond motifs is 1. The molecule has 0 aliphatic carbocycles. The fourth-order valence-corrected chi connectivity index (χ4v) is 1.80. The van der Waals surface area contributed by atoms with Crippen molar-refractivity contribution in [2.45, 2.75) is 6.54 Å². The third-order valence-electron chi connectivity index (χ3n) is 2.65. The Morgan fingerprint density at radius 3 is 3.05 bits per heavy atom. The molecule has 19 heavy (non-hydrogen) atoms. The molecule has 0 spiro atoms. The van der Waals surface area contributed by atoms with Crippen molar-refractivity contribution in [3.05, 3.63) is 49.2 Å². The summed E-state index contributed by atoms with van der Waals surface area (Å²) in [6, 6.07) is 9.64. The molecular weight excluding hydrogens is 242 g/mol. The van der Waals surface area contributed by atoms with Gasteiger partial charge in [0.25, 0.3) is 0 Å². The number of nitrogens with zero attached hydrogens (tertiary/aromatic N) is 4. The van der Waals surface area contributed by atoms with E-state index in [-0.39, 0.29) is 12.5 Å². The predicted octanol–water partition coefficient (Wildman–Crippen LogP) is 1.46. The fourth-order valence-electron chi connectivity index (χ4n) is 1.80. The zero-order valence-electron chi connectivity index (χ0n) is 10.0. The summed E-state index contributed by atoms with van der Waals surface area (Å²) < 4.78 is 1.46. The van der Waals surface area contributed by atoms with Crippen molar-refractivity contribution in [2.75, 3.05) is 5.32 Å². The lowest BCUT2D eigenvalue weighted by Crippen LogP contribution is -2.19. The average Bonchev–Trinajstić information content (AvgIpc) is 2.91. The number of aromatic nitrogens is 4. The largest absolute Gasteiger partial charge is 0.323 e. The number of nitrogens with one attached hydrogen (secondary N) is 1. The second kappa shape index (κ2) is 4.85. The van der Waals surface area contributed by atoms with Gasteiger partial charge in [0.2, 0.25) is 5.91 Å². The first-order valence-electron chi connectivity index (χ1n) is 5.78. The van der Waals surface area contributed by atoms with Crippen molar-refractivity contribution in [3.63, 3.8) is 0 Å². The third-order valence-corrected chi connectivity index (χ3v) is 2.65. The van der Waals surface area contributed by atoms with Gasteiger partial charge in [-0.3, -0.25) is 9.78 Å². The van der Waals surface area contributed by atoms with E-state index >= 15 is 0 Å². The van der Waals surface area contributed by atoms with E-state index in [1.807, 2.05) is 30.3 Å². The Morgan fingerprint density at radius 1 is 1.32 bits per heavy atom. The molecule has 0 saturated heterocycles. The topological polar surface area (TPSA) is 72.7 Å². The quantitative estimate of drug-likeness (QED) is 0.767. The second-order valence-electron chi connectivity index (χ2n) is 4.06. The lowest BCUT2D eigenvalue weighted by Gasteiger charge is -2.05. The van der Waals surface area contributed by atoms with Gasteiger partial charge in [0.1, 0.15) is 19.2 Å². The van der Waals surface area contributed by atoms with Gasteiger partial charge >= 0.3 is 0 Å². The summed E-state index contributed by atoms with van der Waals surface area (Å²) in [4.78, 5) is 19.9. The van der Waals surface area contributed by atoms with Gasteiger partial charge in [0, 0.05) is 5.39 Å². The number of para-hydroxylation sites is 1. The molecule has 0 bridgehead atoms. The highest BCUT2D eigenvalue weighted by atomic mass is 16.2. The first-order valence-corrected chi connectivity index (χ1v) is 5.78. The standard InChI is InChI=1S/C13H11N5O/c19-13(7-18-9-14-8-16-18)17-11-5-10-3-1-2-4-12(10)15-6-11/h1-6,8-9H,7H2,(H,17,19). The van der Waals surface area contributed by atoms with Crippen molar-refractivity contribution < 1.29 is 4.79 Å². The highest BCUT2D eigenvalue weighted by Gasteiger charge is 2.05. The van der Waals surface area contributed by atoms with Crippen LogP contribution in [-0.4, -0.2) is 25.7 Å². The fraction of sp³-hybridized carbons (Fsp3) is 0.0769. The summed E-state index contributed by atoms with van der Waals surface area (Å²) in [5, 5.41) is 7.65. The first kappa shape index (κ1) is 11.3. The highest BCUT2D eigenvalue weighted by Crippen LogP contribution is 2.15. The maximum Gasteiger partial charge on any atom is 0.246 e. The van der Waals surface area contributed by atoms with Crippen molar-refractivity contribution in [1.82, 2.24) is 19.7 Å². The van der Waals surface area contributed by atoms with E-state index in [1.54, 1.807) is 6.20 Å². The molecule has 6 heteroatoms. The lowest BCUT2D eigenvalue weighted by molar-refractivity contribution is -0.116. The zero-order valence-corrected chi connectivity index (χ0v) is 10.0. The van der Waals surface area contributed by atoms with Crippen LogP contribution in [0.15, 0.2) is 49.2 Å². The van der Waals surface area contributed by atoms with Gasteiger partial charge < -0.3 is 5.32 Å². The minimum atomic E-state index is -0.164. The number of hydrogen-bond donors (Lipinski definition) is 1. The summed E-state index contributed by atoms with van der Waals surface area (Å²) >= 11 is 0. The van der Waals surface area contributed by atoms with Crippen LogP contribution >= 0.6 is 0 Å². The summed E-state index contributed by atoms with van der Waals surface area (Å²) in [6.07, 6.45) is 4.53.